The fourth-order valence-electron chi connectivity index (χ4n) is 8.16. The lowest BCUT2D eigenvalue weighted by atomic mass is 9.93. The molecule has 0 amide bonds. The second-order valence-electron chi connectivity index (χ2n) is 14.8. The van der Waals surface area contributed by atoms with Crippen LogP contribution in [0.5, 0.6) is 0 Å². The van der Waals surface area contributed by atoms with Gasteiger partial charge < -0.3 is 4.90 Å². The van der Waals surface area contributed by atoms with Crippen molar-refractivity contribution >= 4 is 70.1 Å². The summed E-state index contributed by atoms with van der Waals surface area (Å²) in [6, 6.07) is 78.8. The molecule has 0 fully saturated rings. The Morgan fingerprint density at radius 1 is 0.305 bits per heavy atom. The Kier molecular flexibility index (Phi) is 8.92. The minimum Gasteiger partial charge on any atom is -0.310 e. The molecule has 0 N–H and O–H groups in total. The van der Waals surface area contributed by atoms with Crippen molar-refractivity contribution in [3.63, 3.8) is 0 Å². The van der Waals surface area contributed by atoms with Crippen LogP contribution in [0.25, 0.3) is 85.5 Å². The predicted octanol–water partition coefficient (Wildman–Crippen LogP) is 16.5. The van der Waals surface area contributed by atoms with Crippen LogP contribution in [0, 0.1) is 0 Å². The van der Waals surface area contributed by atoms with Gasteiger partial charge in [0.05, 0.1) is 10.2 Å². The van der Waals surface area contributed by atoms with E-state index in [0.29, 0.717) is 0 Å². The number of hydrogen-bond acceptors (Lipinski definition) is 4. The maximum Gasteiger partial charge on any atom is 0.124 e. The van der Waals surface area contributed by atoms with Crippen molar-refractivity contribution in [2.75, 3.05) is 4.90 Å². The number of rotatable bonds is 8. The molecule has 59 heavy (non-hydrogen) atoms. The van der Waals surface area contributed by atoms with Crippen LogP contribution >= 0.6 is 22.7 Å². The maximum absolute atomic E-state index is 5.06. The summed E-state index contributed by atoms with van der Waals surface area (Å²) in [5.41, 5.74) is 15.1. The minimum atomic E-state index is 1.06. The molecule has 0 bridgehead atoms. The molecule has 9 aromatic carbocycles. The summed E-state index contributed by atoms with van der Waals surface area (Å²) < 4.78 is 3.81. The minimum absolute atomic E-state index is 1.06. The van der Waals surface area contributed by atoms with E-state index >= 15 is 0 Å². The summed E-state index contributed by atoms with van der Waals surface area (Å²) in [6.07, 6.45) is 0. The smallest absolute Gasteiger partial charge is 0.124 e. The largest absolute Gasteiger partial charge is 0.310 e. The Labute approximate surface area is 351 Å². The molecule has 0 aliphatic rings. The van der Waals surface area contributed by atoms with E-state index in [1.165, 1.54) is 69.4 Å². The van der Waals surface area contributed by atoms with Gasteiger partial charge in [-0.25, -0.2) is 4.98 Å². The fourth-order valence-corrected chi connectivity index (χ4v) is 10.3. The van der Waals surface area contributed by atoms with Gasteiger partial charge in [0.2, 0.25) is 0 Å². The average Bonchev–Trinajstić information content (AvgIpc) is 3.90. The molecule has 2 nitrogen and oxygen atoms in total. The van der Waals surface area contributed by atoms with Crippen molar-refractivity contribution in [2.24, 2.45) is 0 Å². The lowest BCUT2D eigenvalue weighted by Crippen LogP contribution is -2.10. The van der Waals surface area contributed by atoms with E-state index in [4.69, 9.17) is 4.98 Å². The summed E-state index contributed by atoms with van der Waals surface area (Å²) >= 11 is 3.62. The molecule has 0 spiro atoms. The van der Waals surface area contributed by atoms with Crippen molar-refractivity contribution in [3.05, 3.63) is 218 Å². The lowest BCUT2D eigenvalue weighted by molar-refractivity contribution is 1.28. The molecule has 278 valence electrons. The number of thiazole rings is 1. The number of anilines is 3. The van der Waals surface area contributed by atoms with Gasteiger partial charge in [-0.2, -0.15) is 0 Å². The SMILES string of the molecule is c1ccc(-c2ccc(N(c3ccc(-c4ccc5sc6cc7sc(-c8ccccc8)nc7cc6c5c4)cc3)c3ccc(-c4ccccc4)c(-c4ccccc4)c3)cc2)cc1. The highest BCUT2D eigenvalue weighted by molar-refractivity contribution is 7.26. The molecule has 4 heteroatoms. The molecule has 11 aromatic rings. The molecule has 0 saturated carbocycles. The standard InChI is InChI=1S/C55H36N2S2/c1-5-13-37(14-6-1)38-21-26-44(27-22-38)57(46-30-31-47(40-15-7-2-8-16-40)48(34-46)41-17-9-3-10-18-41)45-28-23-39(24-29-45)43-25-32-52-49(33-43)50-35-51-54(36-53(50)58-52)59-55(56-51)42-19-11-4-12-20-42/h1-36H. The third-order valence-corrected chi connectivity index (χ3v) is 13.3. The van der Waals surface area contributed by atoms with Gasteiger partial charge in [-0.3, -0.25) is 0 Å². The predicted molar refractivity (Wildman–Crippen MR) is 254 cm³/mol. The zero-order valence-corrected chi connectivity index (χ0v) is 33.6. The maximum atomic E-state index is 5.06. The van der Waals surface area contributed by atoms with E-state index in [1.54, 1.807) is 11.3 Å². The van der Waals surface area contributed by atoms with E-state index in [0.717, 1.165) is 33.1 Å². The number of thiophene rings is 1. The molecule has 0 radical (unpaired) electrons. The number of nitrogens with zero attached hydrogens (tertiary/aromatic N) is 2. The van der Waals surface area contributed by atoms with Crippen LogP contribution in [-0.2, 0) is 0 Å². The zero-order chi connectivity index (χ0) is 39.1. The Morgan fingerprint density at radius 2 is 0.797 bits per heavy atom. The normalized spacial score (nSPS) is 11.4. The van der Waals surface area contributed by atoms with Crippen molar-refractivity contribution in [3.8, 4) is 55.1 Å². The van der Waals surface area contributed by atoms with E-state index in [9.17, 15) is 0 Å². The number of aromatic nitrogens is 1. The second kappa shape index (κ2) is 15.0. The van der Waals surface area contributed by atoms with Crippen LogP contribution in [0.4, 0.5) is 17.1 Å². The molecule has 11 rings (SSSR count). The summed E-state index contributed by atoms with van der Waals surface area (Å²) in [6.45, 7) is 0. The highest BCUT2D eigenvalue weighted by atomic mass is 32.1. The van der Waals surface area contributed by atoms with E-state index < -0.39 is 0 Å². The van der Waals surface area contributed by atoms with Crippen molar-refractivity contribution < 1.29 is 0 Å². The molecule has 0 saturated heterocycles. The molecule has 0 aliphatic carbocycles. The first-order valence-electron chi connectivity index (χ1n) is 19.9. The Morgan fingerprint density at radius 3 is 1.42 bits per heavy atom. The first-order chi connectivity index (χ1) is 29.2. The lowest BCUT2D eigenvalue weighted by Gasteiger charge is -2.27. The molecular formula is C55H36N2S2. The third-order valence-electron chi connectivity index (χ3n) is 11.1. The highest BCUT2D eigenvalue weighted by Gasteiger charge is 2.18. The first-order valence-corrected chi connectivity index (χ1v) is 21.5. The zero-order valence-electron chi connectivity index (χ0n) is 32.0. The average molecular weight is 789 g/mol. The molecule has 0 aliphatic heterocycles. The Hall–Kier alpha value is -7.11. The third kappa shape index (κ3) is 6.69. The van der Waals surface area contributed by atoms with Gasteiger partial charge in [-0.1, -0.05) is 158 Å². The van der Waals surface area contributed by atoms with Crippen LogP contribution in [-0.4, -0.2) is 4.98 Å². The Bertz CT molecular complexity index is 3230. The first kappa shape index (κ1) is 35.1. The number of fused-ring (bicyclic) bond motifs is 4. The number of benzene rings is 9. The number of hydrogen-bond donors (Lipinski definition) is 0. The monoisotopic (exact) mass is 788 g/mol. The van der Waals surface area contributed by atoms with E-state index in [-0.39, 0.29) is 0 Å². The molecule has 2 aromatic heterocycles. The van der Waals surface area contributed by atoms with Gasteiger partial charge in [0.15, 0.2) is 0 Å². The van der Waals surface area contributed by atoms with Crippen LogP contribution in [0.3, 0.4) is 0 Å². The van der Waals surface area contributed by atoms with Gasteiger partial charge in [-0.15, -0.1) is 22.7 Å². The van der Waals surface area contributed by atoms with Crippen LogP contribution < -0.4 is 4.90 Å². The topological polar surface area (TPSA) is 16.1 Å². The van der Waals surface area contributed by atoms with Crippen LogP contribution in [0.1, 0.15) is 0 Å². The van der Waals surface area contributed by atoms with Crippen LogP contribution in [0.2, 0.25) is 0 Å². The van der Waals surface area contributed by atoms with Crippen molar-refractivity contribution in [1.29, 1.82) is 0 Å². The fraction of sp³-hybridized carbons (Fsp3) is 0. The summed E-state index contributed by atoms with van der Waals surface area (Å²) in [5.74, 6) is 0. The van der Waals surface area contributed by atoms with Gasteiger partial charge in [0.1, 0.15) is 5.01 Å². The molecule has 0 atom stereocenters. The van der Waals surface area contributed by atoms with Gasteiger partial charge in [0.25, 0.3) is 0 Å². The summed E-state index contributed by atoms with van der Waals surface area (Å²) in [5, 5.41) is 3.60. The van der Waals surface area contributed by atoms with Gasteiger partial charge in [-0.05, 0) is 105 Å². The van der Waals surface area contributed by atoms with Crippen LogP contribution in [0.15, 0.2) is 218 Å². The second-order valence-corrected chi connectivity index (χ2v) is 16.9. The van der Waals surface area contributed by atoms with E-state index in [1.807, 2.05) is 11.3 Å². The van der Waals surface area contributed by atoms with Gasteiger partial charge >= 0.3 is 0 Å². The summed E-state index contributed by atoms with van der Waals surface area (Å²) in [7, 11) is 0. The van der Waals surface area contributed by atoms with Crippen molar-refractivity contribution in [1.82, 2.24) is 4.98 Å². The quantitative estimate of drug-likeness (QED) is 0.152. The van der Waals surface area contributed by atoms with E-state index in [2.05, 4.69) is 223 Å². The molecule has 2 heterocycles. The van der Waals surface area contributed by atoms with Crippen molar-refractivity contribution in [2.45, 2.75) is 0 Å². The van der Waals surface area contributed by atoms with Gasteiger partial charge in [0, 0.05) is 42.8 Å². The summed E-state index contributed by atoms with van der Waals surface area (Å²) in [4.78, 5) is 7.43. The molecular weight excluding hydrogens is 753 g/mol. The highest BCUT2D eigenvalue weighted by Crippen LogP contribution is 2.43. The molecule has 0 unspecified atom stereocenters. The Balaban J connectivity index is 0.994.